The molecule has 0 N–H and O–H groups in total. The molecule has 0 radical (unpaired) electrons. The Balaban J connectivity index is 1.94. The predicted molar refractivity (Wildman–Crippen MR) is 83.2 cm³/mol. The molecule has 2 unspecified atom stereocenters. The molecule has 1 saturated heterocycles. The summed E-state index contributed by atoms with van der Waals surface area (Å²) < 4.78 is 2.59. The van der Waals surface area contributed by atoms with Crippen LogP contribution in [0, 0.1) is 18.8 Å². The number of piperidine rings is 1. The Kier molecular flexibility index (Phi) is 2.52. The Morgan fingerprint density at radius 2 is 2.00 bits per heavy atom. The van der Waals surface area contributed by atoms with Gasteiger partial charge in [0.05, 0.1) is 10.9 Å². The Bertz CT molecular complexity index is 773. The minimum absolute atomic E-state index is 0.0370. The summed E-state index contributed by atoms with van der Waals surface area (Å²) in [6, 6.07) is 3.93. The maximum atomic E-state index is 12.6. The number of aromatic nitrogens is 2. The predicted octanol–water partition coefficient (Wildman–Crippen LogP) is 2.46. The fourth-order valence-electron chi connectivity index (χ4n) is 3.30. The van der Waals surface area contributed by atoms with Crippen molar-refractivity contribution < 1.29 is 0 Å². The van der Waals surface area contributed by atoms with Gasteiger partial charge in [-0.1, -0.05) is 0 Å². The minimum Gasteiger partial charge on any atom is -0.342 e. The number of fused-ring (bicyclic) bond motifs is 2. The van der Waals surface area contributed by atoms with Gasteiger partial charge in [0.2, 0.25) is 5.95 Å². The normalized spacial score (nSPS) is 24.2. The highest BCUT2D eigenvalue weighted by Crippen LogP contribution is 2.45. The van der Waals surface area contributed by atoms with Crippen LogP contribution in [0.1, 0.15) is 12.0 Å². The van der Waals surface area contributed by atoms with Crippen LogP contribution in [0.3, 0.4) is 0 Å². The Morgan fingerprint density at radius 3 is 2.70 bits per heavy atom. The van der Waals surface area contributed by atoms with E-state index in [2.05, 4.69) is 20.8 Å². The molecule has 2 atom stereocenters. The number of hydrogen-bond acceptors (Lipinski definition) is 3. The van der Waals surface area contributed by atoms with Crippen LogP contribution < -0.4 is 10.5 Å². The van der Waals surface area contributed by atoms with Gasteiger partial charge in [-0.2, -0.15) is 0 Å². The number of halogens is 1. The summed E-state index contributed by atoms with van der Waals surface area (Å²) in [5, 5.41) is 0.687. The van der Waals surface area contributed by atoms with Gasteiger partial charge in [-0.15, -0.1) is 0 Å². The van der Waals surface area contributed by atoms with E-state index in [4.69, 9.17) is 4.98 Å². The molecule has 0 bridgehead atoms. The molecule has 2 aromatic rings. The number of hydrogen-bond donors (Lipinski definition) is 0. The van der Waals surface area contributed by atoms with Crippen LogP contribution >= 0.6 is 15.9 Å². The van der Waals surface area contributed by atoms with Gasteiger partial charge in [0.1, 0.15) is 0 Å². The molecular formula is C15H16BrN3O. The molecule has 1 aromatic carbocycles. The molecule has 1 aliphatic carbocycles. The Labute approximate surface area is 125 Å². The fourth-order valence-corrected chi connectivity index (χ4v) is 3.97. The van der Waals surface area contributed by atoms with Crippen molar-refractivity contribution in [3.05, 3.63) is 32.5 Å². The largest absolute Gasteiger partial charge is 0.342 e. The van der Waals surface area contributed by atoms with Gasteiger partial charge in [0.25, 0.3) is 5.56 Å². The smallest absolute Gasteiger partial charge is 0.262 e. The SMILES string of the molecule is Cc1cc(Br)c2nc(N3CC4CC4C3)n(C)c(=O)c2c1. The number of anilines is 1. The molecule has 0 spiro atoms. The average Bonchev–Trinajstić information content (AvgIpc) is 3.01. The van der Waals surface area contributed by atoms with E-state index < -0.39 is 0 Å². The molecule has 2 fully saturated rings. The van der Waals surface area contributed by atoms with Gasteiger partial charge in [-0.3, -0.25) is 9.36 Å². The summed E-state index contributed by atoms with van der Waals surface area (Å²) in [6.45, 7) is 4.07. The second kappa shape index (κ2) is 4.07. The molecule has 104 valence electrons. The van der Waals surface area contributed by atoms with E-state index in [9.17, 15) is 4.79 Å². The van der Waals surface area contributed by atoms with Crippen molar-refractivity contribution in [2.75, 3.05) is 18.0 Å². The van der Waals surface area contributed by atoms with E-state index in [1.54, 1.807) is 4.57 Å². The van der Waals surface area contributed by atoms with E-state index in [-0.39, 0.29) is 5.56 Å². The third-order valence-electron chi connectivity index (χ3n) is 4.52. The lowest BCUT2D eigenvalue weighted by Gasteiger charge is -2.22. The van der Waals surface area contributed by atoms with Gasteiger partial charge in [-0.25, -0.2) is 4.98 Å². The van der Waals surface area contributed by atoms with E-state index >= 15 is 0 Å². The first-order chi connectivity index (χ1) is 9.54. The summed E-state index contributed by atoms with van der Waals surface area (Å²) in [6.07, 6.45) is 1.35. The molecule has 4 rings (SSSR count). The highest BCUT2D eigenvalue weighted by Gasteiger charge is 2.46. The Hall–Kier alpha value is -1.36. The topological polar surface area (TPSA) is 38.1 Å². The minimum atomic E-state index is 0.0370. The average molecular weight is 334 g/mol. The number of rotatable bonds is 1. The number of benzene rings is 1. The zero-order valence-corrected chi connectivity index (χ0v) is 13.1. The van der Waals surface area contributed by atoms with Crippen molar-refractivity contribution in [2.45, 2.75) is 13.3 Å². The van der Waals surface area contributed by atoms with Crippen molar-refractivity contribution in [1.29, 1.82) is 0 Å². The van der Waals surface area contributed by atoms with Gasteiger partial charge in [0, 0.05) is 24.6 Å². The van der Waals surface area contributed by atoms with Crippen molar-refractivity contribution in [1.82, 2.24) is 9.55 Å². The first-order valence-electron chi connectivity index (χ1n) is 6.96. The molecule has 1 aromatic heterocycles. The van der Waals surface area contributed by atoms with Crippen LogP contribution in [-0.4, -0.2) is 22.6 Å². The monoisotopic (exact) mass is 333 g/mol. The maximum Gasteiger partial charge on any atom is 0.262 e. The molecule has 2 heterocycles. The standard InChI is InChI=1S/C15H16BrN3O/c1-8-3-11-13(12(16)4-8)17-15(18(2)14(11)20)19-6-9-5-10(9)7-19/h3-4,9-10H,5-7H2,1-2H3. The van der Waals surface area contributed by atoms with Crippen molar-refractivity contribution in [3.8, 4) is 0 Å². The summed E-state index contributed by atoms with van der Waals surface area (Å²) >= 11 is 3.54. The van der Waals surface area contributed by atoms with Crippen molar-refractivity contribution >= 4 is 32.8 Å². The lowest BCUT2D eigenvalue weighted by Crippen LogP contribution is -2.31. The van der Waals surface area contributed by atoms with E-state index in [1.165, 1.54) is 6.42 Å². The second-order valence-corrected chi connectivity index (χ2v) is 6.93. The van der Waals surface area contributed by atoms with Crippen LogP contribution in [0.25, 0.3) is 10.9 Å². The maximum absolute atomic E-state index is 12.6. The molecular weight excluding hydrogens is 318 g/mol. The van der Waals surface area contributed by atoms with Crippen LogP contribution in [0.15, 0.2) is 21.4 Å². The lowest BCUT2D eigenvalue weighted by molar-refractivity contribution is 0.730. The van der Waals surface area contributed by atoms with Gasteiger partial charge in [0.15, 0.2) is 0 Å². The zero-order valence-electron chi connectivity index (χ0n) is 11.6. The highest BCUT2D eigenvalue weighted by molar-refractivity contribution is 9.10. The van der Waals surface area contributed by atoms with Crippen molar-refractivity contribution in [2.24, 2.45) is 18.9 Å². The zero-order chi connectivity index (χ0) is 14.0. The van der Waals surface area contributed by atoms with E-state index in [0.29, 0.717) is 5.39 Å². The van der Waals surface area contributed by atoms with Crippen LogP contribution in [-0.2, 0) is 7.05 Å². The summed E-state index contributed by atoms with van der Waals surface area (Å²) in [4.78, 5) is 19.6. The van der Waals surface area contributed by atoms with Crippen LogP contribution in [0.2, 0.25) is 0 Å². The van der Waals surface area contributed by atoms with Crippen molar-refractivity contribution in [3.63, 3.8) is 0 Å². The molecule has 0 amide bonds. The Morgan fingerprint density at radius 1 is 1.30 bits per heavy atom. The fraction of sp³-hybridized carbons (Fsp3) is 0.467. The first-order valence-corrected chi connectivity index (χ1v) is 7.75. The number of nitrogens with zero attached hydrogens (tertiary/aromatic N) is 3. The molecule has 4 nitrogen and oxygen atoms in total. The third-order valence-corrected chi connectivity index (χ3v) is 5.12. The summed E-state index contributed by atoms with van der Waals surface area (Å²) in [7, 11) is 1.82. The highest BCUT2D eigenvalue weighted by atomic mass is 79.9. The molecule has 5 heteroatoms. The molecule has 2 aliphatic rings. The molecule has 20 heavy (non-hydrogen) atoms. The first kappa shape index (κ1) is 12.4. The van der Waals surface area contributed by atoms with Gasteiger partial charge < -0.3 is 4.90 Å². The lowest BCUT2D eigenvalue weighted by atomic mass is 10.2. The van der Waals surface area contributed by atoms with E-state index in [1.807, 2.05) is 26.1 Å². The number of aryl methyl sites for hydroxylation is 1. The van der Waals surface area contributed by atoms with Crippen LogP contribution in [0.5, 0.6) is 0 Å². The third kappa shape index (κ3) is 1.72. The van der Waals surface area contributed by atoms with E-state index in [0.717, 1.165) is 46.4 Å². The summed E-state index contributed by atoms with van der Waals surface area (Å²) in [5.41, 5.74) is 1.88. The van der Waals surface area contributed by atoms with Gasteiger partial charge in [-0.05, 0) is 58.8 Å². The summed E-state index contributed by atoms with van der Waals surface area (Å²) in [5.74, 6) is 2.45. The molecule has 1 aliphatic heterocycles. The molecule has 1 saturated carbocycles. The second-order valence-electron chi connectivity index (χ2n) is 6.08. The van der Waals surface area contributed by atoms with Crippen LogP contribution in [0.4, 0.5) is 5.95 Å². The van der Waals surface area contributed by atoms with Gasteiger partial charge >= 0.3 is 0 Å². The quantitative estimate of drug-likeness (QED) is 0.804.